The van der Waals surface area contributed by atoms with E-state index >= 15 is 0 Å². The molecule has 0 N–H and O–H groups in total. The normalized spacial score (nSPS) is 35.4. The Morgan fingerprint density at radius 3 is 2.92 bits per heavy atom. The van der Waals surface area contributed by atoms with Crippen LogP contribution in [0.25, 0.3) is 0 Å². The van der Waals surface area contributed by atoms with Crippen molar-refractivity contribution in [1.82, 2.24) is 0 Å². The van der Waals surface area contributed by atoms with Crippen LogP contribution in [0, 0.1) is 5.92 Å². The molecule has 1 atom stereocenters. The molecule has 2 rings (SSSR count). The number of aliphatic imine (C=N–C) groups is 1. The molecule has 0 aromatic rings. The van der Waals surface area contributed by atoms with Crippen LogP contribution < -0.4 is 0 Å². The molecule has 1 heterocycles. The molecular weight excluding hydrogens is 198 g/mol. The van der Waals surface area contributed by atoms with Gasteiger partial charge in [0.25, 0.3) is 0 Å². The van der Waals surface area contributed by atoms with Gasteiger partial charge >= 0.3 is 0 Å². The summed E-state index contributed by atoms with van der Waals surface area (Å²) in [5, 5.41) is 1.37. The van der Waals surface area contributed by atoms with E-state index in [2.05, 4.69) is 29.9 Å². The van der Waals surface area contributed by atoms with Gasteiger partial charge in [0.15, 0.2) is 0 Å². The van der Waals surface area contributed by atoms with Crippen molar-refractivity contribution < 1.29 is 0 Å². The molecule has 1 unspecified atom stereocenters. The third-order valence-corrected chi connectivity index (χ3v) is 5.26. The predicted octanol–water partition coefficient (Wildman–Crippen LogP) is 3.05. The van der Waals surface area contributed by atoms with Crippen molar-refractivity contribution in [3.8, 4) is 0 Å². The summed E-state index contributed by atoms with van der Waals surface area (Å²) < 4.78 is 0.512. The minimum Gasteiger partial charge on any atom is -0.282 e. The Bertz CT molecular complexity index is 223. The second-order valence-corrected chi connectivity index (χ2v) is 6.60. The highest BCUT2D eigenvalue weighted by Gasteiger charge is 2.42. The molecular formula is C10H17NS2. The molecule has 0 aromatic heterocycles. The molecule has 0 radical (unpaired) electrons. The molecule has 1 aliphatic heterocycles. The van der Waals surface area contributed by atoms with E-state index in [0.29, 0.717) is 4.75 Å². The lowest BCUT2D eigenvalue weighted by Gasteiger charge is -2.27. The molecule has 0 amide bonds. The Hall–Kier alpha value is 0.370. The van der Waals surface area contributed by atoms with E-state index in [1.54, 1.807) is 0 Å². The van der Waals surface area contributed by atoms with Crippen LogP contribution in [0.5, 0.6) is 0 Å². The molecule has 13 heavy (non-hydrogen) atoms. The van der Waals surface area contributed by atoms with Crippen molar-refractivity contribution in [2.75, 3.05) is 18.6 Å². The van der Waals surface area contributed by atoms with E-state index in [1.807, 2.05) is 11.8 Å². The first-order valence-electron chi connectivity index (χ1n) is 4.96. The number of hydrogen-bond donors (Lipinski definition) is 0. The maximum atomic E-state index is 4.61. The molecule has 2 aliphatic rings. The van der Waals surface area contributed by atoms with Crippen molar-refractivity contribution in [1.29, 1.82) is 0 Å². The summed E-state index contributed by atoms with van der Waals surface area (Å²) in [5.41, 5.74) is 0. The third-order valence-electron chi connectivity index (χ3n) is 2.99. The summed E-state index contributed by atoms with van der Waals surface area (Å²) in [7, 11) is 0. The average molecular weight is 215 g/mol. The minimum atomic E-state index is 0.512. The van der Waals surface area contributed by atoms with E-state index in [1.165, 1.54) is 30.1 Å². The molecule has 3 heteroatoms. The first-order chi connectivity index (χ1) is 6.24. The summed E-state index contributed by atoms with van der Waals surface area (Å²) in [6, 6.07) is 0. The maximum absolute atomic E-state index is 4.61. The summed E-state index contributed by atoms with van der Waals surface area (Å²) in [6.07, 6.45) is 6.27. The molecule has 0 saturated heterocycles. The van der Waals surface area contributed by atoms with Crippen LogP contribution in [0.2, 0.25) is 0 Å². The van der Waals surface area contributed by atoms with E-state index in [-0.39, 0.29) is 0 Å². The van der Waals surface area contributed by atoms with Crippen LogP contribution in [-0.4, -0.2) is 28.3 Å². The van der Waals surface area contributed by atoms with Gasteiger partial charge in [-0.2, -0.15) is 11.8 Å². The molecule has 74 valence electrons. The van der Waals surface area contributed by atoms with Gasteiger partial charge in [0.2, 0.25) is 0 Å². The van der Waals surface area contributed by atoms with E-state index in [0.717, 1.165) is 12.5 Å². The van der Waals surface area contributed by atoms with Gasteiger partial charge in [-0.3, -0.25) is 4.99 Å². The van der Waals surface area contributed by atoms with Crippen LogP contribution in [0.15, 0.2) is 4.99 Å². The van der Waals surface area contributed by atoms with Gasteiger partial charge in [0.05, 0.1) is 5.04 Å². The smallest absolute Gasteiger partial charge is 0.0687 e. The van der Waals surface area contributed by atoms with Crippen molar-refractivity contribution in [3.05, 3.63) is 0 Å². The van der Waals surface area contributed by atoms with Crippen molar-refractivity contribution in [2.24, 2.45) is 10.9 Å². The predicted molar refractivity (Wildman–Crippen MR) is 64.0 cm³/mol. The lowest BCUT2D eigenvalue weighted by atomic mass is 10.0. The lowest BCUT2D eigenvalue weighted by Crippen LogP contribution is -2.25. The van der Waals surface area contributed by atoms with Gasteiger partial charge in [-0.05, 0) is 31.9 Å². The number of thioether (sulfide) groups is 2. The van der Waals surface area contributed by atoms with Gasteiger partial charge in [-0.1, -0.05) is 0 Å². The quantitative estimate of drug-likeness (QED) is 0.666. The number of hydrogen-bond acceptors (Lipinski definition) is 3. The van der Waals surface area contributed by atoms with Crippen LogP contribution in [0.3, 0.4) is 0 Å². The fourth-order valence-electron chi connectivity index (χ4n) is 1.95. The third kappa shape index (κ3) is 2.24. The highest BCUT2D eigenvalue weighted by molar-refractivity contribution is 8.13. The zero-order valence-corrected chi connectivity index (χ0v) is 10.0. The minimum absolute atomic E-state index is 0.512. The molecule has 0 spiro atoms. The first-order valence-corrected chi connectivity index (χ1v) is 7.17. The van der Waals surface area contributed by atoms with Gasteiger partial charge < -0.3 is 0 Å². The van der Waals surface area contributed by atoms with Crippen LogP contribution in [0.4, 0.5) is 0 Å². The molecule has 0 bridgehead atoms. The SMILES string of the molecule is CSC1=NCCSC(C)(C2CC2)C1. The van der Waals surface area contributed by atoms with Crippen LogP contribution in [-0.2, 0) is 0 Å². The standard InChI is InChI=1S/C10H17NS2/c1-10(8-3-4-8)7-9(12-2)11-5-6-13-10/h8H,3-7H2,1-2H3. The summed E-state index contributed by atoms with van der Waals surface area (Å²) in [4.78, 5) is 4.61. The van der Waals surface area contributed by atoms with Crippen molar-refractivity contribution in [2.45, 2.75) is 30.9 Å². The second-order valence-electron chi connectivity index (χ2n) is 4.09. The molecule has 0 aromatic carbocycles. The Kier molecular flexibility index (Phi) is 2.94. The lowest BCUT2D eigenvalue weighted by molar-refractivity contribution is 0.591. The zero-order valence-electron chi connectivity index (χ0n) is 8.38. The van der Waals surface area contributed by atoms with Crippen molar-refractivity contribution >= 4 is 28.6 Å². The number of nitrogens with zero attached hydrogens (tertiary/aromatic N) is 1. The monoisotopic (exact) mass is 215 g/mol. The zero-order chi connectivity index (χ0) is 9.31. The van der Waals surface area contributed by atoms with Gasteiger partial charge in [0, 0.05) is 23.5 Å². The topological polar surface area (TPSA) is 12.4 Å². The van der Waals surface area contributed by atoms with Crippen LogP contribution in [0.1, 0.15) is 26.2 Å². The second kappa shape index (κ2) is 3.85. The molecule has 1 nitrogen and oxygen atoms in total. The Labute approximate surface area is 89.2 Å². The maximum Gasteiger partial charge on any atom is 0.0687 e. The Morgan fingerprint density at radius 2 is 2.31 bits per heavy atom. The number of rotatable bonds is 1. The van der Waals surface area contributed by atoms with E-state index in [9.17, 15) is 0 Å². The largest absolute Gasteiger partial charge is 0.282 e. The Morgan fingerprint density at radius 1 is 1.54 bits per heavy atom. The average Bonchev–Trinajstić information content (AvgIpc) is 2.89. The molecule has 1 fully saturated rings. The first kappa shape index (κ1) is 9.91. The van der Waals surface area contributed by atoms with Crippen LogP contribution >= 0.6 is 23.5 Å². The molecule has 1 aliphatic carbocycles. The molecule has 1 saturated carbocycles. The fourth-order valence-corrected chi connectivity index (χ4v) is 4.06. The van der Waals surface area contributed by atoms with Gasteiger partial charge in [-0.25, -0.2) is 0 Å². The fraction of sp³-hybridized carbons (Fsp3) is 0.900. The summed E-state index contributed by atoms with van der Waals surface area (Å²) in [6.45, 7) is 3.47. The van der Waals surface area contributed by atoms with Gasteiger partial charge in [0.1, 0.15) is 0 Å². The van der Waals surface area contributed by atoms with E-state index < -0.39 is 0 Å². The summed E-state index contributed by atoms with van der Waals surface area (Å²) >= 11 is 3.99. The van der Waals surface area contributed by atoms with E-state index in [4.69, 9.17) is 0 Å². The highest BCUT2D eigenvalue weighted by atomic mass is 32.2. The Balaban J connectivity index is 2.07. The highest BCUT2D eigenvalue weighted by Crippen LogP contribution is 2.50. The summed E-state index contributed by atoms with van der Waals surface area (Å²) in [5.74, 6) is 2.20. The van der Waals surface area contributed by atoms with Gasteiger partial charge in [-0.15, -0.1) is 11.8 Å². The van der Waals surface area contributed by atoms with Crippen molar-refractivity contribution in [3.63, 3.8) is 0 Å².